The molecule has 0 aromatic heterocycles. The van der Waals surface area contributed by atoms with Crippen LogP contribution in [0, 0.1) is 10.8 Å². The minimum Gasteiger partial charge on any atom is -0.506 e. The van der Waals surface area contributed by atoms with Crippen molar-refractivity contribution in [2.75, 3.05) is 13.1 Å². The monoisotopic (exact) mass is 568 g/mol. The highest BCUT2D eigenvalue weighted by atomic mass is 16.3. The molecule has 42 heavy (non-hydrogen) atoms. The maximum absolute atomic E-state index is 13.0. The molecule has 6 nitrogen and oxygen atoms in total. The van der Waals surface area contributed by atoms with Gasteiger partial charge in [0.2, 0.25) is 0 Å². The lowest BCUT2D eigenvalue weighted by molar-refractivity contribution is -0.118. The quantitative estimate of drug-likeness (QED) is 0.181. The Labute approximate surface area is 250 Å². The molecule has 222 valence electrons. The second-order valence-corrected chi connectivity index (χ2v) is 13.1. The molecule has 4 rings (SSSR count). The van der Waals surface area contributed by atoms with Gasteiger partial charge in [0.05, 0.1) is 11.1 Å². The minimum absolute atomic E-state index is 0.0186. The number of carbonyl (C=O) groups is 2. The second-order valence-electron chi connectivity index (χ2n) is 13.1. The number of unbranched alkanes of at least 4 members (excludes halogenated alkanes) is 3. The van der Waals surface area contributed by atoms with Crippen molar-refractivity contribution in [1.29, 1.82) is 0 Å². The first kappa shape index (κ1) is 31.1. The first-order valence-electron chi connectivity index (χ1n) is 15.1. The number of rotatable bonds is 9. The van der Waals surface area contributed by atoms with Crippen molar-refractivity contribution in [3.8, 4) is 0 Å². The molecule has 2 saturated carbocycles. The summed E-state index contributed by atoms with van der Waals surface area (Å²) < 4.78 is 0. The largest absolute Gasteiger partial charge is 0.506 e. The van der Waals surface area contributed by atoms with Gasteiger partial charge in [0.15, 0.2) is 11.6 Å². The molecule has 0 radical (unpaired) electrons. The van der Waals surface area contributed by atoms with E-state index in [0.29, 0.717) is 72.5 Å². The first-order valence-corrected chi connectivity index (χ1v) is 15.1. The van der Waals surface area contributed by atoms with Gasteiger partial charge in [-0.3, -0.25) is 19.6 Å². The molecule has 2 aromatic carbocycles. The average Bonchev–Trinajstić information content (AvgIpc) is 2.93. The maximum Gasteiger partial charge on any atom is 0.168 e. The van der Waals surface area contributed by atoms with Crippen LogP contribution in [0.3, 0.4) is 0 Å². The van der Waals surface area contributed by atoms with Crippen LogP contribution in [-0.4, -0.2) is 46.3 Å². The third-order valence-corrected chi connectivity index (χ3v) is 7.94. The molecule has 0 bridgehead atoms. The van der Waals surface area contributed by atoms with Crippen LogP contribution in [0.15, 0.2) is 81.8 Å². The molecular formula is C36H44N2O4. The van der Waals surface area contributed by atoms with E-state index >= 15 is 0 Å². The number of ketones is 2. The van der Waals surface area contributed by atoms with Crippen LogP contribution in [0.5, 0.6) is 0 Å². The van der Waals surface area contributed by atoms with E-state index in [1.54, 1.807) is 0 Å². The predicted molar refractivity (Wildman–Crippen MR) is 171 cm³/mol. The molecule has 0 unspecified atom stereocenters. The molecule has 0 aliphatic heterocycles. The highest BCUT2D eigenvalue weighted by molar-refractivity contribution is 6.29. The fraction of sp³-hybridized carbons (Fsp3) is 0.444. The molecule has 2 aliphatic carbocycles. The van der Waals surface area contributed by atoms with Crippen LogP contribution in [0.2, 0.25) is 0 Å². The van der Waals surface area contributed by atoms with Crippen LogP contribution in [0.4, 0.5) is 0 Å². The molecule has 0 atom stereocenters. The van der Waals surface area contributed by atoms with Crippen LogP contribution < -0.4 is 0 Å². The van der Waals surface area contributed by atoms with E-state index in [1.807, 2.05) is 60.7 Å². The summed E-state index contributed by atoms with van der Waals surface area (Å²) in [7, 11) is 0. The molecule has 2 N–H and O–H groups in total. The summed E-state index contributed by atoms with van der Waals surface area (Å²) in [4.78, 5) is 35.7. The number of hydrogen-bond donors (Lipinski definition) is 2. The first-order chi connectivity index (χ1) is 20.0. The third kappa shape index (κ3) is 7.93. The Balaban J connectivity index is 1.36. The predicted octanol–water partition coefficient (Wildman–Crippen LogP) is 8.15. The SMILES string of the molecule is CC1(C)CC(=O)C(=C(O)c2ccccc2)C(=NCCCCCCN=C2CC(C)(C)CC(=O)C2=C(O)c2ccccc2)C1. The minimum atomic E-state index is -0.188. The van der Waals surface area contributed by atoms with E-state index in [1.165, 1.54) is 0 Å². The van der Waals surface area contributed by atoms with E-state index in [0.717, 1.165) is 25.7 Å². The summed E-state index contributed by atoms with van der Waals surface area (Å²) in [6.45, 7) is 9.47. The molecule has 0 spiro atoms. The van der Waals surface area contributed by atoms with E-state index in [-0.39, 0.29) is 33.9 Å². The number of aliphatic imine (C=N–C) groups is 2. The van der Waals surface area contributed by atoms with Gasteiger partial charge in [-0.25, -0.2) is 0 Å². The highest BCUT2D eigenvalue weighted by Crippen LogP contribution is 2.38. The fourth-order valence-electron chi connectivity index (χ4n) is 5.87. The van der Waals surface area contributed by atoms with Crippen LogP contribution in [0.1, 0.15) is 90.2 Å². The Kier molecular flexibility index (Phi) is 9.97. The Hall–Kier alpha value is -3.80. The van der Waals surface area contributed by atoms with Gasteiger partial charge in [0, 0.05) is 48.5 Å². The lowest BCUT2D eigenvalue weighted by atomic mass is 9.73. The lowest BCUT2D eigenvalue weighted by Gasteiger charge is -2.31. The maximum atomic E-state index is 13.0. The molecule has 0 amide bonds. The Morgan fingerprint density at radius 2 is 0.952 bits per heavy atom. The van der Waals surface area contributed by atoms with Gasteiger partial charge < -0.3 is 10.2 Å². The smallest absolute Gasteiger partial charge is 0.168 e. The average molecular weight is 569 g/mol. The van der Waals surface area contributed by atoms with Crippen molar-refractivity contribution in [2.45, 2.75) is 79.1 Å². The Bertz CT molecular complexity index is 1300. The number of Topliss-reactive ketones (excluding diaryl/α,β-unsaturated/α-hetero) is 2. The van der Waals surface area contributed by atoms with Crippen molar-refractivity contribution in [3.05, 3.63) is 82.9 Å². The van der Waals surface area contributed by atoms with Crippen molar-refractivity contribution >= 4 is 34.5 Å². The summed E-state index contributed by atoms with van der Waals surface area (Å²) in [5.74, 6) is -0.0711. The molecule has 0 saturated heterocycles. The normalized spacial score (nSPS) is 22.9. The van der Waals surface area contributed by atoms with Gasteiger partial charge in [-0.05, 0) is 36.5 Å². The number of benzene rings is 2. The molecule has 0 heterocycles. The fourth-order valence-corrected chi connectivity index (χ4v) is 5.87. The van der Waals surface area contributed by atoms with Gasteiger partial charge in [0.1, 0.15) is 11.5 Å². The van der Waals surface area contributed by atoms with Crippen molar-refractivity contribution in [1.82, 2.24) is 0 Å². The van der Waals surface area contributed by atoms with Crippen LogP contribution in [-0.2, 0) is 9.59 Å². The Morgan fingerprint density at radius 1 is 0.595 bits per heavy atom. The summed E-state index contributed by atoms with van der Waals surface area (Å²) in [6.07, 6.45) is 5.77. The molecular weight excluding hydrogens is 524 g/mol. The standard InChI is InChI=1S/C36H44N2O4/c1-35(2)21-27(31(29(39)23-35)33(41)25-15-9-7-10-16-25)37-19-13-5-6-14-20-38-28-22-36(3,4)24-30(40)32(28)34(42)26-17-11-8-12-18-26/h7-12,15-18,41-42H,5-6,13-14,19-24H2,1-4H3. The van der Waals surface area contributed by atoms with Crippen molar-refractivity contribution < 1.29 is 19.8 Å². The molecule has 2 aliphatic rings. The zero-order valence-corrected chi connectivity index (χ0v) is 25.4. The topological polar surface area (TPSA) is 99.3 Å². The van der Waals surface area contributed by atoms with Gasteiger partial charge >= 0.3 is 0 Å². The number of aliphatic hydroxyl groups is 2. The van der Waals surface area contributed by atoms with Gasteiger partial charge in [-0.2, -0.15) is 0 Å². The third-order valence-electron chi connectivity index (χ3n) is 7.94. The summed E-state index contributed by atoms with van der Waals surface area (Å²) in [5, 5.41) is 21.9. The summed E-state index contributed by atoms with van der Waals surface area (Å²) in [6, 6.07) is 18.4. The van der Waals surface area contributed by atoms with Gasteiger partial charge in [-0.1, -0.05) is 101 Å². The van der Waals surface area contributed by atoms with Gasteiger partial charge in [0.25, 0.3) is 0 Å². The van der Waals surface area contributed by atoms with Crippen molar-refractivity contribution in [2.24, 2.45) is 20.8 Å². The Morgan fingerprint density at radius 3 is 1.31 bits per heavy atom. The number of carbonyl (C=O) groups excluding carboxylic acids is 2. The van der Waals surface area contributed by atoms with E-state index in [9.17, 15) is 19.8 Å². The van der Waals surface area contributed by atoms with Crippen molar-refractivity contribution in [3.63, 3.8) is 0 Å². The highest BCUT2D eigenvalue weighted by Gasteiger charge is 2.37. The van der Waals surface area contributed by atoms with Crippen LogP contribution >= 0.6 is 0 Å². The van der Waals surface area contributed by atoms with Crippen LogP contribution in [0.25, 0.3) is 11.5 Å². The second kappa shape index (κ2) is 13.5. The lowest BCUT2D eigenvalue weighted by Crippen LogP contribution is -2.32. The summed E-state index contributed by atoms with van der Waals surface area (Å²) in [5.41, 5.74) is 3.02. The van der Waals surface area contributed by atoms with Gasteiger partial charge in [-0.15, -0.1) is 0 Å². The summed E-state index contributed by atoms with van der Waals surface area (Å²) >= 11 is 0. The number of aliphatic hydroxyl groups excluding tert-OH is 2. The van der Waals surface area contributed by atoms with E-state index in [2.05, 4.69) is 27.7 Å². The number of allylic oxidation sites excluding steroid dienone is 2. The van der Waals surface area contributed by atoms with E-state index in [4.69, 9.17) is 9.98 Å². The molecule has 2 aromatic rings. The number of nitrogens with zero attached hydrogens (tertiary/aromatic N) is 2. The zero-order chi connectivity index (χ0) is 30.3. The number of hydrogen-bond acceptors (Lipinski definition) is 6. The zero-order valence-electron chi connectivity index (χ0n) is 25.4. The molecule has 2 fully saturated rings. The molecule has 6 heteroatoms. The van der Waals surface area contributed by atoms with E-state index < -0.39 is 0 Å².